The number of Topliss-reactive ketones (excluding diaryl/α,β-unsaturated/α-hetero) is 1. The van der Waals surface area contributed by atoms with Crippen LogP contribution in [-0.2, 0) is 14.3 Å². The Kier molecular flexibility index (Phi) is 4.64. The second-order valence-corrected chi connectivity index (χ2v) is 5.13. The highest BCUT2D eigenvalue weighted by Crippen LogP contribution is 2.41. The van der Waals surface area contributed by atoms with Gasteiger partial charge < -0.3 is 9.84 Å². The molecule has 0 fully saturated rings. The predicted molar refractivity (Wildman–Crippen MR) is 72.1 cm³/mol. The van der Waals surface area contributed by atoms with Crippen molar-refractivity contribution in [2.75, 3.05) is 13.7 Å². The van der Waals surface area contributed by atoms with E-state index in [9.17, 15) is 14.7 Å². The molecule has 5 nitrogen and oxygen atoms in total. The molecule has 0 unspecified atom stereocenters. The molecule has 0 saturated heterocycles. The van der Waals surface area contributed by atoms with Crippen molar-refractivity contribution in [2.45, 2.75) is 20.3 Å². The molecule has 0 aromatic rings. The van der Waals surface area contributed by atoms with E-state index < -0.39 is 17.3 Å². The summed E-state index contributed by atoms with van der Waals surface area (Å²) in [6, 6.07) is 0. The van der Waals surface area contributed by atoms with E-state index in [1.165, 1.54) is 13.3 Å². The van der Waals surface area contributed by atoms with Crippen molar-refractivity contribution in [3.05, 3.63) is 24.0 Å². The molecule has 0 amide bonds. The lowest BCUT2D eigenvalue weighted by Gasteiger charge is -2.35. The van der Waals surface area contributed by atoms with E-state index in [2.05, 4.69) is 11.6 Å². The minimum atomic E-state index is -0.847. The Balaban J connectivity index is 3.23. The summed E-state index contributed by atoms with van der Waals surface area (Å²) < 4.78 is 4.70. The lowest BCUT2D eigenvalue weighted by Crippen LogP contribution is -2.40. The number of ketones is 1. The first kappa shape index (κ1) is 15.1. The van der Waals surface area contributed by atoms with Crippen LogP contribution < -0.4 is 0 Å². The second-order valence-electron chi connectivity index (χ2n) is 5.13. The Morgan fingerprint density at radius 1 is 1.63 bits per heavy atom. The number of hydrogen-bond donors (Lipinski definition) is 1. The standard InChI is InChI=1S/C14H19NO4/c1-5-6-15-8-9-10(16)7-14(2,3)11(12(9)17)13(18)19-4/h5,8,11,17H,1,6-7H2,2-4H3/t11-/m1/s1. The minimum Gasteiger partial charge on any atom is -0.511 e. The second kappa shape index (κ2) is 5.82. The van der Waals surface area contributed by atoms with Crippen LogP contribution >= 0.6 is 0 Å². The van der Waals surface area contributed by atoms with Crippen LogP contribution in [0.1, 0.15) is 20.3 Å². The van der Waals surface area contributed by atoms with Crippen LogP contribution in [0.3, 0.4) is 0 Å². The monoisotopic (exact) mass is 265 g/mol. The number of aliphatic hydroxyl groups is 1. The largest absolute Gasteiger partial charge is 0.511 e. The lowest BCUT2D eigenvalue weighted by atomic mass is 9.68. The summed E-state index contributed by atoms with van der Waals surface area (Å²) in [5.74, 6) is -1.89. The van der Waals surface area contributed by atoms with E-state index in [0.717, 1.165) is 0 Å². The summed E-state index contributed by atoms with van der Waals surface area (Å²) in [5, 5.41) is 10.2. The molecule has 0 spiro atoms. The molecule has 0 radical (unpaired) electrons. The molecule has 0 aromatic carbocycles. The van der Waals surface area contributed by atoms with Crippen LogP contribution in [0.4, 0.5) is 0 Å². The van der Waals surface area contributed by atoms with Crippen LogP contribution in [-0.4, -0.2) is 36.7 Å². The summed E-state index contributed by atoms with van der Waals surface area (Å²) in [6.07, 6.45) is 3.03. The van der Waals surface area contributed by atoms with Gasteiger partial charge in [0.05, 0.1) is 19.2 Å². The molecule has 0 saturated carbocycles. The third kappa shape index (κ3) is 3.10. The number of rotatable bonds is 4. The van der Waals surface area contributed by atoms with Crippen molar-refractivity contribution in [1.29, 1.82) is 0 Å². The van der Waals surface area contributed by atoms with Gasteiger partial charge in [-0.05, 0) is 5.41 Å². The normalized spacial score (nSPS) is 22.7. The quantitative estimate of drug-likeness (QED) is 0.478. The summed E-state index contributed by atoms with van der Waals surface area (Å²) in [5.41, 5.74) is -0.596. The van der Waals surface area contributed by atoms with Crippen LogP contribution in [0.25, 0.3) is 0 Å². The van der Waals surface area contributed by atoms with E-state index in [-0.39, 0.29) is 23.5 Å². The lowest BCUT2D eigenvalue weighted by molar-refractivity contribution is -0.150. The van der Waals surface area contributed by atoms with Gasteiger partial charge in [-0.3, -0.25) is 14.6 Å². The molecule has 0 aliphatic heterocycles. The van der Waals surface area contributed by atoms with Gasteiger partial charge in [0.2, 0.25) is 0 Å². The van der Waals surface area contributed by atoms with Gasteiger partial charge in [-0.15, -0.1) is 6.58 Å². The Morgan fingerprint density at radius 2 is 2.26 bits per heavy atom. The summed E-state index contributed by atoms with van der Waals surface area (Å²) in [7, 11) is 1.26. The number of methoxy groups -OCH3 is 1. The third-order valence-corrected chi connectivity index (χ3v) is 3.14. The highest BCUT2D eigenvalue weighted by molar-refractivity contribution is 6.15. The van der Waals surface area contributed by atoms with E-state index in [0.29, 0.717) is 6.54 Å². The fourth-order valence-electron chi connectivity index (χ4n) is 2.18. The van der Waals surface area contributed by atoms with Crippen molar-refractivity contribution >= 4 is 18.0 Å². The number of hydrogen-bond acceptors (Lipinski definition) is 5. The van der Waals surface area contributed by atoms with E-state index in [1.807, 2.05) is 0 Å². The number of aliphatic hydroxyl groups excluding tert-OH is 1. The molecular weight excluding hydrogens is 246 g/mol. The average molecular weight is 265 g/mol. The van der Waals surface area contributed by atoms with Gasteiger partial charge >= 0.3 is 5.97 Å². The molecule has 0 bridgehead atoms. The average Bonchev–Trinajstić information content (AvgIpc) is 2.31. The zero-order chi connectivity index (χ0) is 14.6. The third-order valence-electron chi connectivity index (χ3n) is 3.14. The topological polar surface area (TPSA) is 76.0 Å². The molecule has 1 rings (SSSR count). The first-order valence-electron chi connectivity index (χ1n) is 6.00. The Hall–Kier alpha value is -1.91. The summed E-state index contributed by atoms with van der Waals surface area (Å²) in [6.45, 7) is 7.35. The SMILES string of the molecule is C=CCN=CC1=C(O)[C@H](C(=O)OC)C(C)(C)CC1=O. The van der Waals surface area contributed by atoms with Gasteiger partial charge in [0, 0.05) is 12.6 Å². The van der Waals surface area contributed by atoms with Crippen molar-refractivity contribution in [2.24, 2.45) is 16.3 Å². The van der Waals surface area contributed by atoms with Crippen molar-refractivity contribution in [3.63, 3.8) is 0 Å². The Labute approximate surface area is 112 Å². The van der Waals surface area contributed by atoms with E-state index in [4.69, 9.17) is 4.74 Å². The molecular formula is C14H19NO4. The van der Waals surface area contributed by atoms with Crippen LogP contribution in [0.5, 0.6) is 0 Å². The van der Waals surface area contributed by atoms with Crippen molar-refractivity contribution < 1.29 is 19.4 Å². The van der Waals surface area contributed by atoms with Gasteiger partial charge in [0.15, 0.2) is 5.78 Å². The maximum Gasteiger partial charge on any atom is 0.316 e. The molecule has 19 heavy (non-hydrogen) atoms. The fourth-order valence-corrected chi connectivity index (χ4v) is 2.18. The van der Waals surface area contributed by atoms with Gasteiger partial charge in [0.1, 0.15) is 11.7 Å². The van der Waals surface area contributed by atoms with Crippen molar-refractivity contribution in [3.8, 4) is 0 Å². The molecule has 1 atom stereocenters. The van der Waals surface area contributed by atoms with Gasteiger partial charge in [0.25, 0.3) is 0 Å². The highest BCUT2D eigenvalue weighted by atomic mass is 16.5. The molecule has 0 heterocycles. The first-order valence-corrected chi connectivity index (χ1v) is 6.00. The smallest absolute Gasteiger partial charge is 0.316 e. The maximum absolute atomic E-state index is 12.0. The molecule has 1 aliphatic rings. The number of carbonyl (C=O) groups excluding carboxylic acids is 2. The molecule has 1 aliphatic carbocycles. The Morgan fingerprint density at radius 3 is 2.79 bits per heavy atom. The maximum atomic E-state index is 12.0. The highest BCUT2D eigenvalue weighted by Gasteiger charge is 2.46. The molecule has 0 aromatic heterocycles. The van der Waals surface area contributed by atoms with Crippen LogP contribution in [0.2, 0.25) is 0 Å². The minimum absolute atomic E-state index is 0.0802. The molecule has 5 heteroatoms. The number of carbonyl (C=O) groups is 2. The number of ether oxygens (including phenoxy) is 1. The van der Waals surface area contributed by atoms with Gasteiger partial charge in [-0.2, -0.15) is 0 Å². The van der Waals surface area contributed by atoms with Crippen LogP contribution in [0.15, 0.2) is 29.0 Å². The zero-order valence-corrected chi connectivity index (χ0v) is 11.5. The fraction of sp³-hybridized carbons (Fsp3) is 0.500. The number of allylic oxidation sites excluding steroid dienone is 1. The molecule has 104 valence electrons. The van der Waals surface area contributed by atoms with Gasteiger partial charge in [-0.25, -0.2) is 0 Å². The van der Waals surface area contributed by atoms with E-state index >= 15 is 0 Å². The van der Waals surface area contributed by atoms with Crippen LogP contribution in [0, 0.1) is 11.3 Å². The van der Waals surface area contributed by atoms with E-state index in [1.54, 1.807) is 19.9 Å². The zero-order valence-electron chi connectivity index (χ0n) is 11.5. The molecule has 1 N–H and O–H groups in total. The summed E-state index contributed by atoms with van der Waals surface area (Å²) >= 11 is 0. The number of esters is 1. The predicted octanol–water partition coefficient (Wildman–Crippen LogP) is 1.84. The first-order chi connectivity index (χ1) is 8.85. The summed E-state index contributed by atoms with van der Waals surface area (Å²) in [4.78, 5) is 27.7. The van der Waals surface area contributed by atoms with Gasteiger partial charge in [-0.1, -0.05) is 19.9 Å². The Bertz CT molecular complexity index is 460. The number of nitrogens with zero attached hydrogens (tertiary/aromatic N) is 1. The number of aliphatic imine (C=N–C) groups is 1. The van der Waals surface area contributed by atoms with Crippen molar-refractivity contribution in [1.82, 2.24) is 0 Å².